The van der Waals surface area contributed by atoms with E-state index in [4.69, 9.17) is 10.5 Å². The Morgan fingerprint density at radius 1 is 1.53 bits per heavy atom. The molecule has 0 saturated carbocycles. The van der Waals surface area contributed by atoms with Crippen molar-refractivity contribution in [1.29, 1.82) is 0 Å². The zero-order valence-corrected chi connectivity index (χ0v) is 9.90. The molecule has 0 unspecified atom stereocenters. The van der Waals surface area contributed by atoms with Crippen molar-refractivity contribution in [3.05, 3.63) is 18.2 Å². The van der Waals surface area contributed by atoms with Crippen molar-refractivity contribution in [2.45, 2.75) is 6.92 Å². The topological polar surface area (TPSA) is 67.6 Å². The number of carbonyl (C=O) groups excluding carboxylic acids is 1. The van der Waals surface area contributed by atoms with Gasteiger partial charge in [0.25, 0.3) is 5.91 Å². The summed E-state index contributed by atoms with van der Waals surface area (Å²) in [6, 6.07) is 5.35. The molecule has 3 N–H and O–H groups in total. The number of nitrogens with one attached hydrogen (secondary N) is 1. The van der Waals surface area contributed by atoms with Crippen molar-refractivity contribution in [1.82, 2.24) is 5.32 Å². The van der Waals surface area contributed by atoms with E-state index in [1.807, 2.05) is 6.92 Å². The average Bonchev–Trinajstić information content (AvgIpc) is 2.32. The molecule has 0 fully saturated rings. The van der Waals surface area contributed by atoms with Gasteiger partial charge in [-0.3, -0.25) is 4.79 Å². The summed E-state index contributed by atoms with van der Waals surface area (Å²) < 4.78 is 5.36. The first kappa shape index (κ1) is 11.7. The number of anilines is 2. The minimum absolute atomic E-state index is 0.0268. The summed E-state index contributed by atoms with van der Waals surface area (Å²) in [5, 5.41) is 3.20. The van der Waals surface area contributed by atoms with E-state index in [9.17, 15) is 4.79 Å². The van der Waals surface area contributed by atoms with Crippen LogP contribution in [-0.4, -0.2) is 32.1 Å². The van der Waals surface area contributed by atoms with Crippen LogP contribution in [-0.2, 0) is 4.79 Å². The molecule has 17 heavy (non-hydrogen) atoms. The van der Waals surface area contributed by atoms with E-state index in [-0.39, 0.29) is 12.5 Å². The fourth-order valence-corrected chi connectivity index (χ4v) is 1.83. The maximum Gasteiger partial charge on any atom is 0.265 e. The van der Waals surface area contributed by atoms with Crippen molar-refractivity contribution in [2.24, 2.45) is 0 Å². The highest BCUT2D eigenvalue weighted by Crippen LogP contribution is 2.33. The predicted molar refractivity (Wildman–Crippen MR) is 67.2 cm³/mol. The van der Waals surface area contributed by atoms with Crippen LogP contribution in [0.15, 0.2) is 18.2 Å². The Morgan fingerprint density at radius 2 is 2.35 bits per heavy atom. The maximum atomic E-state index is 11.8. The van der Waals surface area contributed by atoms with Crippen molar-refractivity contribution in [3.8, 4) is 5.75 Å². The molecule has 0 spiro atoms. The molecule has 1 heterocycles. The quantitative estimate of drug-likeness (QED) is 0.592. The Balaban J connectivity index is 2.20. The van der Waals surface area contributed by atoms with Gasteiger partial charge in [-0.1, -0.05) is 6.92 Å². The Morgan fingerprint density at radius 3 is 3.12 bits per heavy atom. The number of nitrogen functional groups attached to an aromatic ring is 1. The van der Waals surface area contributed by atoms with Crippen LogP contribution in [0.1, 0.15) is 6.92 Å². The lowest BCUT2D eigenvalue weighted by Gasteiger charge is -2.29. The van der Waals surface area contributed by atoms with E-state index in [0.29, 0.717) is 12.2 Å². The average molecular weight is 235 g/mol. The van der Waals surface area contributed by atoms with Crippen molar-refractivity contribution in [2.75, 3.05) is 36.9 Å². The molecule has 92 valence electrons. The first-order valence-corrected chi connectivity index (χ1v) is 5.75. The van der Waals surface area contributed by atoms with Crippen LogP contribution in [0.4, 0.5) is 11.4 Å². The monoisotopic (exact) mass is 235 g/mol. The number of ether oxygens (including phenoxy) is 1. The van der Waals surface area contributed by atoms with Crippen LogP contribution < -0.4 is 20.7 Å². The maximum absolute atomic E-state index is 11.8. The van der Waals surface area contributed by atoms with E-state index in [1.165, 1.54) is 0 Å². The Hall–Kier alpha value is -1.75. The number of likely N-dealkylation sites (N-methyl/N-ethyl adjacent to an activating group) is 1. The fourth-order valence-electron chi connectivity index (χ4n) is 1.83. The summed E-state index contributed by atoms with van der Waals surface area (Å²) in [5.41, 5.74) is 7.13. The molecule has 1 amide bonds. The molecule has 0 aliphatic carbocycles. The first-order valence-electron chi connectivity index (χ1n) is 5.75. The van der Waals surface area contributed by atoms with Gasteiger partial charge in [0.1, 0.15) is 5.75 Å². The molecule has 1 aromatic carbocycles. The largest absolute Gasteiger partial charge is 0.482 e. The number of amides is 1. The fraction of sp³-hybridized carbons (Fsp3) is 0.417. The number of carbonyl (C=O) groups is 1. The highest BCUT2D eigenvalue weighted by molar-refractivity contribution is 5.98. The molecular formula is C12H17N3O2. The summed E-state index contributed by atoms with van der Waals surface area (Å²) in [7, 11) is 0. The number of nitrogens with two attached hydrogens (primary N) is 1. The number of hydrogen-bond acceptors (Lipinski definition) is 4. The molecule has 5 nitrogen and oxygen atoms in total. The third kappa shape index (κ3) is 2.50. The molecule has 2 rings (SSSR count). The summed E-state index contributed by atoms with van der Waals surface area (Å²) >= 11 is 0. The van der Waals surface area contributed by atoms with Gasteiger partial charge in [-0.25, -0.2) is 0 Å². The Labute approximate surface area is 101 Å². The molecule has 1 aromatic rings. The Kier molecular flexibility index (Phi) is 3.49. The second-order valence-corrected chi connectivity index (χ2v) is 3.91. The van der Waals surface area contributed by atoms with E-state index >= 15 is 0 Å². The number of benzene rings is 1. The van der Waals surface area contributed by atoms with E-state index in [1.54, 1.807) is 23.1 Å². The number of nitrogens with zero attached hydrogens (tertiary/aromatic N) is 1. The van der Waals surface area contributed by atoms with Crippen molar-refractivity contribution < 1.29 is 9.53 Å². The van der Waals surface area contributed by atoms with Gasteiger partial charge in [0.05, 0.1) is 5.69 Å². The molecule has 0 bridgehead atoms. The third-order valence-corrected chi connectivity index (χ3v) is 2.69. The lowest BCUT2D eigenvalue weighted by Crippen LogP contribution is -2.42. The van der Waals surface area contributed by atoms with Crippen LogP contribution in [0.5, 0.6) is 5.75 Å². The van der Waals surface area contributed by atoms with E-state index in [2.05, 4.69) is 5.32 Å². The van der Waals surface area contributed by atoms with Gasteiger partial charge < -0.3 is 20.7 Å². The highest BCUT2D eigenvalue weighted by atomic mass is 16.5. The molecule has 0 aromatic heterocycles. The lowest BCUT2D eigenvalue weighted by molar-refractivity contribution is -0.121. The van der Waals surface area contributed by atoms with Crippen molar-refractivity contribution >= 4 is 17.3 Å². The summed E-state index contributed by atoms with van der Waals surface area (Å²) in [5.74, 6) is 0.691. The zero-order chi connectivity index (χ0) is 12.3. The summed E-state index contributed by atoms with van der Waals surface area (Å²) in [6.45, 7) is 4.42. The molecule has 1 aliphatic rings. The molecular weight excluding hydrogens is 218 g/mol. The standard InChI is InChI=1S/C12H17N3O2/c1-2-14-5-6-15-10-7-9(13)3-4-11(10)17-8-12(15)16/h3-4,7,14H,2,5-6,8,13H2,1H3. The van der Waals surface area contributed by atoms with Gasteiger partial charge in [0.15, 0.2) is 6.61 Å². The number of rotatable bonds is 4. The number of hydrogen-bond donors (Lipinski definition) is 2. The molecule has 0 radical (unpaired) electrons. The summed E-state index contributed by atoms with van der Waals surface area (Å²) in [4.78, 5) is 13.5. The zero-order valence-electron chi connectivity index (χ0n) is 9.90. The molecule has 5 heteroatoms. The summed E-state index contributed by atoms with van der Waals surface area (Å²) in [6.07, 6.45) is 0. The van der Waals surface area contributed by atoms with Gasteiger partial charge >= 0.3 is 0 Å². The van der Waals surface area contributed by atoms with E-state index < -0.39 is 0 Å². The SMILES string of the molecule is CCNCCN1C(=O)COc2ccc(N)cc21. The van der Waals surface area contributed by atoms with Crippen LogP contribution in [0, 0.1) is 0 Å². The van der Waals surface area contributed by atoms with Crippen LogP contribution >= 0.6 is 0 Å². The highest BCUT2D eigenvalue weighted by Gasteiger charge is 2.24. The smallest absolute Gasteiger partial charge is 0.265 e. The first-order chi connectivity index (χ1) is 8.22. The van der Waals surface area contributed by atoms with E-state index in [0.717, 1.165) is 24.5 Å². The molecule has 1 aliphatic heterocycles. The normalized spacial score (nSPS) is 14.4. The van der Waals surface area contributed by atoms with Crippen LogP contribution in [0.25, 0.3) is 0 Å². The van der Waals surface area contributed by atoms with Crippen LogP contribution in [0.2, 0.25) is 0 Å². The van der Waals surface area contributed by atoms with Gasteiger partial charge in [-0.05, 0) is 24.7 Å². The van der Waals surface area contributed by atoms with Crippen molar-refractivity contribution in [3.63, 3.8) is 0 Å². The minimum Gasteiger partial charge on any atom is -0.482 e. The lowest BCUT2D eigenvalue weighted by atomic mass is 10.2. The second kappa shape index (κ2) is 5.05. The Bertz CT molecular complexity index is 420. The number of fused-ring (bicyclic) bond motifs is 1. The van der Waals surface area contributed by atoms with Gasteiger partial charge in [-0.15, -0.1) is 0 Å². The van der Waals surface area contributed by atoms with Crippen LogP contribution in [0.3, 0.4) is 0 Å². The molecule has 0 saturated heterocycles. The second-order valence-electron chi connectivity index (χ2n) is 3.91. The minimum atomic E-state index is -0.0268. The van der Waals surface area contributed by atoms with Gasteiger partial charge in [0.2, 0.25) is 0 Å². The predicted octanol–water partition coefficient (Wildman–Crippen LogP) is 0.604. The molecule has 0 atom stereocenters. The third-order valence-electron chi connectivity index (χ3n) is 2.69. The van der Waals surface area contributed by atoms with Gasteiger partial charge in [-0.2, -0.15) is 0 Å². The van der Waals surface area contributed by atoms with Gasteiger partial charge in [0, 0.05) is 18.8 Å².